The van der Waals surface area contributed by atoms with E-state index < -0.39 is 27.6 Å². The molecule has 0 bridgehead atoms. The van der Waals surface area contributed by atoms with Crippen molar-refractivity contribution in [2.24, 2.45) is 0 Å². The van der Waals surface area contributed by atoms with E-state index in [2.05, 4.69) is 10.6 Å². The van der Waals surface area contributed by atoms with Crippen molar-refractivity contribution in [1.82, 2.24) is 5.32 Å². The Labute approximate surface area is 182 Å². The number of carbonyl (C=O) groups is 1. The summed E-state index contributed by atoms with van der Waals surface area (Å²) >= 11 is 17.8. The zero-order chi connectivity index (χ0) is 22.0. The van der Waals surface area contributed by atoms with E-state index in [4.69, 9.17) is 34.8 Å². The molecule has 3 nitrogen and oxygen atoms in total. The molecule has 0 radical (unpaired) electrons. The average Bonchev–Trinajstić information content (AvgIpc) is 2.59. The zero-order valence-electron chi connectivity index (χ0n) is 15.9. The molecule has 0 fully saturated rings. The number of halogens is 6. The number of amides is 1. The van der Waals surface area contributed by atoms with Gasteiger partial charge in [0, 0.05) is 11.3 Å². The number of nitrogens with one attached hydrogen (secondary N) is 2. The molecule has 2 N–H and O–H groups in total. The van der Waals surface area contributed by atoms with Crippen LogP contribution in [0.1, 0.15) is 42.3 Å². The van der Waals surface area contributed by atoms with Crippen LogP contribution in [0.3, 0.4) is 0 Å². The molecule has 0 aromatic heterocycles. The maximum atomic E-state index is 12.9. The fraction of sp³-hybridized carbons (Fsp3) is 0.350. The number of hydrogen-bond acceptors (Lipinski definition) is 2. The van der Waals surface area contributed by atoms with E-state index in [1.54, 1.807) is 12.1 Å². The van der Waals surface area contributed by atoms with Crippen LogP contribution in [0, 0.1) is 0 Å². The van der Waals surface area contributed by atoms with Gasteiger partial charge in [-0.25, -0.2) is 0 Å². The summed E-state index contributed by atoms with van der Waals surface area (Å²) in [5.74, 6) is -0.540. The van der Waals surface area contributed by atoms with Gasteiger partial charge in [-0.15, -0.1) is 0 Å². The van der Waals surface area contributed by atoms with Crippen LogP contribution in [-0.4, -0.2) is 15.9 Å². The Kier molecular flexibility index (Phi) is 7.03. The fourth-order valence-electron chi connectivity index (χ4n) is 2.49. The highest BCUT2D eigenvalue weighted by Crippen LogP contribution is 2.34. The smallest absolute Gasteiger partial charge is 0.362 e. The molecule has 0 saturated heterocycles. The Balaban J connectivity index is 2.21. The SMILES string of the molecule is CC(C)(C)c1ccc(C(=O)N[C@H](Nc2cccc(C(F)(F)F)c2)C(Cl)(Cl)Cl)cc1. The summed E-state index contributed by atoms with van der Waals surface area (Å²) in [4.78, 5) is 12.6. The van der Waals surface area contributed by atoms with Gasteiger partial charge in [0.05, 0.1) is 5.56 Å². The van der Waals surface area contributed by atoms with E-state index in [1.165, 1.54) is 12.1 Å². The largest absolute Gasteiger partial charge is 0.416 e. The van der Waals surface area contributed by atoms with E-state index in [1.807, 2.05) is 32.9 Å². The summed E-state index contributed by atoms with van der Waals surface area (Å²) in [5.41, 5.74) is 0.450. The number of hydrogen-bond donors (Lipinski definition) is 2. The Hall–Kier alpha value is -1.63. The highest BCUT2D eigenvalue weighted by atomic mass is 35.6. The minimum absolute atomic E-state index is 0.0412. The van der Waals surface area contributed by atoms with Crippen molar-refractivity contribution in [2.45, 2.75) is 42.3 Å². The Bertz CT molecular complexity index is 857. The van der Waals surface area contributed by atoms with Crippen molar-refractivity contribution in [2.75, 3.05) is 5.32 Å². The maximum absolute atomic E-state index is 12.9. The predicted octanol–water partition coefficient (Wildman–Crippen LogP) is 6.54. The molecule has 0 aliphatic heterocycles. The first-order valence-electron chi connectivity index (χ1n) is 8.60. The molecule has 2 rings (SSSR count). The van der Waals surface area contributed by atoms with Crippen LogP contribution in [0.4, 0.5) is 18.9 Å². The third kappa shape index (κ3) is 6.69. The standard InChI is InChI=1S/C20H20Cl3F3N2O/c1-18(2,3)13-9-7-12(8-10-13)16(29)28-17(19(21,22)23)27-15-6-4-5-14(11-15)20(24,25)26/h4-11,17,27H,1-3H3,(H,28,29)/t17-/m0/s1. The van der Waals surface area contributed by atoms with Crippen molar-refractivity contribution < 1.29 is 18.0 Å². The zero-order valence-corrected chi connectivity index (χ0v) is 18.1. The van der Waals surface area contributed by atoms with Gasteiger partial charge in [-0.2, -0.15) is 13.2 Å². The molecule has 158 valence electrons. The summed E-state index contributed by atoms with van der Waals surface area (Å²) in [6.07, 6.45) is -5.80. The van der Waals surface area contributed by atoms with E-state index in [9.17, 15) is 18.0 Å². The second-order valence-electron chi connectivity index (χ2n) is 7.50. The maximum Gasteiger partial charge on any atom is 0.416 e. The highest BCUT2D eigenvalue weighted by molar-refractivity contribution is 6.68. The number of benzene rings is 2. The summed E-state index contributed by atoms with van der Waals surface area (Å²) in [7, 11) is 0. The third-order valence-electron chi connectivity index (χ3n) is 4.12. The molecule has 2 aromatic carbocycles. The van der Waals surface area contributed by atoms with Crippen LogP contribution in [0.2, 0.25) is 0 Å². The molecule has 29 heavy (non-hydrogen) atoms. The molecule has 0 spiro atoms. The van der Waals surface area contributed by atoms with Gasteiger partial charge >= 0.3 is 6.18 Å². The molecule has 0 aliphatic carbocycles. The molecule has 0 aliphatic rings. The molecular formula is C20H20Cl3F3N2O. The molecule has 0 unspecified atom stereocenters. The number of anilines is 1. The molecule has 1 amide bonds. The van der Waals surface area contributed by atoms with Crippen LogP contribution in [0.15, 0.2) is 48.5 Å². The lowest BCUT2D eigenvalue weighted by molar-refractivity contribution is -0.137. The number of carbonyl (C=O) groups excluding carboxylic acids is 1. The lowest BCUT2D eigenvalue weighted by Gasteiger charge is -2.28. The van der Waals surface area contributed by atoms with Gasteiger partial charge < -0.3 is 10.6 Å². The second-order valence-corrected chi connectivity index (χ2v) is 9.87. The normalized spacial score (nSPS) is 13.7. The third-order valence-corrected chi connectivity index (χ3v) is 4.77. The first-order valence-corrected chi connectivity index (χ1v) is 9.73. The molecular weight excluding hydrogens is 448 g/mol. The topological polar surface area (TPSA) is 41.1 Å². The van der Waals surface area contributed by atoms with E-state index >= 15 is 0 Å². The predicted molar refractivity (Wildman–Crippen MR) is 112 cm³/mol. The van der Waals surface area contributed by atoms with Gasteiger partial charge in [0.15, 0.2) is 0 Å². The van der Waals surface area contributed by atoms with Gasteiger partial charge in [0.2, 0.25) is 3.79 Å². The van der Waals surface area contributed by atoms with Crippen molar-refractivity contribution in [3.8, 4) is 0 Å². The minimum Gasteiger partial charge on any atom is -0.362 e. The first kappa shape index (κ1) is 23.6. The Morgan fingerprint density at radius 3 is 2.00 bits per heavy atom. The van der Waals surface area contributed by atoms with Crippen LogP contribution in [0.5, 0.6) is 0 Å². The van der Waals surface area contributed by atoms with Crippen molar-refractivity contribution >= 4 is 46.4 Å². The van der Waals surface area contributed by atoms with Gasteiger partial charge in [0.25, 0.3) is 5.91 Å². The quantitative estimate of drug-likeness (QED) is 0.396. The number of alkyl halides is 6. The van der Waals surface area contributed by atoms with Crippen molar-refractivity contribution in [3.05, 3.63) is 65.2 Å². The Morgan fingerprint density at radius 2 is 1.52 bits per heavy atom. The van der Waals surface area contributed by atoms with Gasteiger partial charge in [-0.05, 0) is 41.3 Å². The van der Waals surface area contributed by atoms with Crippen molar-refractivity contribution in [3.63, 3.8) is 0 Å². The van der Waals surface area contributed by atoms with Crippen LogP contribution < -0.4 is 10.6 Å². The average molecular weight is 468 g/mol. The molecule has 0 saturated carbocycles. The lowest BCUT2D eigenvalue weighted by atomic mass is 9.87. The van der Waals surface area contributed by atoms with Gasteiger partial charge in [-0.1, -0.05) is 73.8 Å². The van der Waals surface area contributed by atoms with E-state index in [0.717, 1.165) is 17.7 Å². The van der Waals surface area contributed by atoms with Crippen LogP contribution in [0.25, 0.3) is 0 Å². The lowest BCUT2D eigenvalue weighted by Crippen LogP contribution is -2.49. The molecule has 2 aromatic rings. The van der Waals surface area contributed by atoms with Crippen molar-refractivity contribution in [1.29, 1.82) is 0 Å². The first-order chi connectivity index (χ1) is 13.2. The summed E-state index contributed by atoms with van der Waals surface area (Å²) in [5, 5.41) is 5.15. The van der Waals surface area contributed by atoms with E-state index in [0.29, 0.717) is 5.56 Å². The highest BCUT2D eigenvalue weighted by Gasteiger charge is 2.35. The van der Waals surface area contributed by atoms with Crippen LogP contribution in [-0.2, 0) is 11.6 Å². The summed E-state index contributed by atoms with van der Waals surface area (Å²) < 4.78 is 36.7. The van der Waals surface area contributed by atoms with Gasteiger partial charge in [-0.3, -0.25) is 4.79 Å². The molecule has 0 heterocycles. The second kappa shape index (κ2) is 8.62. The molecule has 1 atom stereocenters. The van der Waals surface area contributed by atoms with Crippen LogP contribution >= 0.6 is 34.8 Å². The number of rotatable bonds is 4. The van der Waals surface area contributed by atoms with Gasteiger partial charge in [0.1, 0.15) is 6.17 Å². The fourth-order valence-corrected chi connectivity index (χ4v) is 2.82. The summed E-state index contributed by atoms with van der Waals surface area (Å²) in [6.45, 7) is 6.12. The minimum atomic E-state index is -4.52. The Morgan fingerprint density at radius 1 is 0.931 bits per heavy atom. The molecule has 9 heteroatoms. The monoisotopic (exact) mass is 466 g/mol. The summed E-state index contributed by atoms with van der Waals surface area (Å²) in [6, 6.07) is 11.3. The van der Waals surface area contributed by atoms with E-state index in [-0.39, 0.29) is 11.1 Å².